The van der Waals surface area contributed by atoms with Crippen molar-refractivity contribution in [1.29, 1.82) is 0 Å². The van der Waals surface area contributed by atoms with Crippen LogP contribution in [-0.2, 0) is 0 Å². The van der Waals surface area contributed by atoms with Crippen LogP contribution in [0.2, 0.25) is 0 Å². The molecular formula is C26H20Li2O7. The van der Waals surface area contributed by atoms with Gasteiger partial charge in [-0.15, -0.1) is 0 Å². The first-order valence-electron chi connectivity index (χ1n) is 9.57. The number of carbonyl (C=O) groups is 2. The SMILES string of the molecule is O=C(O)c1cccc(-c2ccccc2)c1[O-].O=C(O)c1cccc(-c2ccccc2)c1[O-].[H+].[Li+].[Li+].[OH-]. The van der Waals surface area contributed by atoms with Crippen molar-refractivity contribution in [1.82, 2.24) is 0 Å². The molecule has 35 heavy (non-hydrogen) atoms. The van der Waals surface area contributed by atoms with Crippen molar-refractivity contribution >= 4 is 11.9 Å². The number of carboxylic acids is 2. The van der Waals surface area contributed by atoms with Crippen molar-refractivity contribution in [3.05, 3.63) is 108 Å². The number of hydrogen-bond donors (Lipinski definition) is 2. The van der Waals surface area contributed by atoms with Gasteiger partial charge >= 0.3 is 51.1 Å². The third-order valence-electron chi connectivity index (χ3n) is 4.66. The Morgan fingerprint density at radius 2 is 0.857 bits per heavy atom. The quantitative estimate of drug-likeness (QED) is 0.342. The molecule has 4 aromatic carbocycles. The molecule has 0 spiro atoms. The fraction of sp³-hybridized carbons (Fsp3) is 0. The Hall–Kier alpha value is -3.43. The number of hydrogen-bond acceptors (Lipinski definition) is 5. The van der Waals surface area contributed by atoms with E-state index in [1.54, 1.807) is 48.5 Å². The second-order valence-corrected chi connectivity index (χ2v) is 6.71. The first kappa shape index (κ1) is 31.6. The van der Waals surface area contributed by atoms with Crippen LogP contribution in [0.15, 0.2) is 97.1 Å². The van der Waals surface area contributed by atoms with Gasteiger partial charge in [-0.2, -0.15) is 0 Å². The van der Waals surface area contributed by atoms with Crippen LogP contribution < -0.4 is 47.9 Å². The molecule has 0 amide bonds. The van der Waals surface area contributed by atoms with Gasteiger partial charge in [0, 0.05) is 0 Å². The van der Waals surface area contributed by atoms with Crippen LogP contribution in [0.5, 0.6) is 11.5 Å². The molecule has 0 bridgehead atoms. The molecule has 0 saturated heterocycles. The minimum Gasteiger partial charge on any atom is -0.871 e. The molecule has 0 aromatic heterocycles. The fourth-order valence-electron chi connectivity index (χ4n) is 3.10. The largest absolute Gasteiger partial charge is 1.00 e. The molecule has 0 atom stereocenters. The summed E-state index contributed by atoms with van der Waals surface area (Å²) in [6.45, 7) is 0. The molecule has 7 nitrogen and oxygen atoms in total. The van der Waals surface area contributed by atoms with E-state index >= 15 is 0 Å². The summed E-state index contributed by atoms with van der Waals surface area (Å²) in [5.41, 5.74) is 1.91. The Balaban J connectivity index is 0. The molecule has 0 unspecified atom stereocenters. The summed E-state index contributed by atoms with van der Waals surface area (Å²) in [4.78, 5) is 21.6. The third kappa shape index (κ3) is 7.80. The molecule has 3 N–H and O–H groups in total. The van der Waals surface area contributed by atoms with Gasteiger partial charge in [0.05, 0.1) is 11.1 Å². The minimum atomic E-state index is -1.19. The zero-order valence-corrected chi connectivity index (χ0v) is 19.2. The molecule has 4 rings (SSSR count). The molecule has 0 aliphatic carbocycles. The molecule has 9 heteroatoms. The number of benzene rings is 4. The second kappa shape index (κ2) is 14.8. The second-order valence-electron chi connectivity index (χ2n) is 6.71. The van der Waals surface area contributed by atoms with Crippen molar-refractivity contribution in [3.63, 3.8) is 0 Å². The molecule has 0 radical (unpaired) electrons. The zero-order chi connectivity index (χ0) is 23.1. The van der Waals surface area contributed by atoms with E-state index in [0.29, 0.717) is 11.1 Å². The van der Waals surface area contributed by atoms with Gasteiger partial charge in [-0.25, -0.2) is 9.59 Å². The predicted octanol–water partition coefficient (Wildman–Crippen LogP) is -1.81. The van der Waals surface area contributed by atoms with Gasteiger partial charge in [0.25, 0.3) is 0 Å². The van der Waals surface area contributed by atoms with Crippen molar-refractivity contribution in [2.45, 2.75) is 0 Å². The molecule has 0 aliphatic heterocycles. The van der Waals surface area contributed by atoms with E-state index < -0.39 is 23.4 Å². The van der Waals surface area contributed by atoms with E-state index in [2.05, 4.69) is 0 Å². The summed E-state index contributed by atoms with van der Waals surface area (Å²) >= 11 is 0. The van der Waals surface area contributed by atoms with Crippen LogP contribution in [0.1, 0.15) is 22.1 Å². The molecule has 168 valence electrons. The van der Waals surface area contributed by atoms with Gasteiger partial charge in [0.1, 0.15) is 0 Å². The third-order valence-corrected chi connectivity index (χ3v) is 4.66. The van der Waals surface area contributed by atoms with Crippen LogP contribution in [0, 0.1) is 0 Å². The molecule has 0 saturated carbocycles. The van der Waals surface area contributed by atoms with Crippen LogP contribution in [0.25, 0.3) is 22.3 Å². The van der Waals surface area contributed by atoms with Gasteiger partial charge in [-0.1, -0.05) is 96.4 Å². The van der Waals surface area contributed by atoms with Crippen molar-refractivity contribution in [2.75, 3.05) is 0 Å². The van der Waals surface area contributed by atoms with Crippen LogP contribution in [0.4, 0.5) is 0 Å². The van der Waals surface area contributed by atoms with Gasteiger partial charge in [-0.3, -0.25) is 0 Å². The van der Waals surface area contributed by atoms with Gasteiger partial charge in [0.15, 0.2) is 0 Å². The topological polar surface area (TPSA) is 151 Å². The molecule has 4 aromatic rings. The normalized spacial score (nSPS) is 9.14. The van der Waals surface area contributed by atoms with Crippen LogP contribution >= 0.6 is 0 Å². The van der Waals surface area contributed by atoms with E-state index in [9.17, 15) is 19.8 Å². The zero-order valence-electron chi connectivity index (χ0n) is 20.2. The average molecular weight is 458 g/mol. The minimum absolute atomic E-state index is 0. The Labute approximate surface area is 227 Å². The molecule has 0 heterocycles. The Kier molecular flexibility index (Phi) is 13.3. The summed E-state index contributed by atoms with van der Waals surface area (Å²) in [6, 6.07) is 27.1. The van der Waals surface area contributed by atoms with Gasteiger partial charge in [-0.05, 0) is 34.4 Å². The summed E-state index contributed by atoms with van der Waals surface area (Å²) < 4.78 is 0. The van der Waals surface area contributed by atoms with E-state index in [0.717, 1.165) is 11.1 Å². The fourth-order valence-corrected chi connectivity index (χ4v) is 3.10. The van der Waals surface area contributed by atoms with Gasteiger partial charge < -0.3 is 25.9 Å². The molecule has 0 aliphatic rings. The van der Waals surface area contributed by atoms with E-state index in [-0.39, 0.29) is 55.8 Å². The first-order valence-corrected chi connectivity index (χ1v) is 9.57. The van der Waals surface area contributed by atoms with E-state index in [1.165, 1.54) is 12.1 Å². The number of carboxylic acid groups (broad SMARTS) is 2. The van der Waals surface area contributed by atoms with E-state index in [4.69, 9.17) is 10.2 Å². The maximum Gasteiger partial charge on any atom is 1.00 e. The maximum absolute atomic E-state index is 11.8. The molecular weight excluding hydrogens is 438 g/mol. The number of para-hydroxylation sites is 2. The van der Waals surface area contributed by atoms with Crippen LogP contribution in [0.3, 0.4) is 0 Å². The maximum atomic E-state index is 11.8. The Morgan fingerprint density at radius 1 is 0.543 bits per heavy atom. The monoisotopic (exact) mass is 458 g/mol. The smallest absolute Gasteiger partial charge is 0.871 e. The number of rotatable bonds is 4. The average Bonchev–Trinajstić information content (AvgIpc) is 2.80. The van der Waals surface area contributed by atoms with E-state index in [1.807, 2.05) is 36.4 Å². The summed E-state index contributed by atoms with van der Waals surface area (Å²) in [5, 5.41) is 41.3. The first-order chi connectivity index (χ1) is 15.4. The number of aromatic carboxylic acids is 2. The van der Waals surface area contributed by atoms with Crippen molar-refractivity contribution < 1.29 is 74.6 Å². The van der Waals surface area contributed by atoms with Gasteiger partial charge in [0.2, 0.25) is 0 Å². The van der Waals surface area contributed by atoms with Crippen LogP contribution in [-0.4, -0.2) is 27.6 Å². The molecule has 0 fully saturated rings. The Bertz CT molecular complexity index is 1150. The standard InChI is InChI=1S/2C13H10O3.2Li.H2O/c2*14-12-10(9-5-2-1-3-6-9)7-4-8-11(12)13(15)16;;;/h2*1-8,14H,(H,15,16);;;1H2/q;;2*+1;/p-2. The summed E-state index contributed by atoms with van der Waals surface area (Å²) in [6.07, 6.45) is 0. The Morgan fingerprint density at radius 3 is 1.14 bits per heavy atom. The van der Waals surface area contributed by atoms with Crippen molar-refractivity contribution in [2.24, 2.45) is 0 Å². The summed E-state index contributed by atoms with van der Waals surface area (Å²) in [7, 11) is 0. The van der Waals surface area contributed by atoms with Crippen molar-refractivity contribution in [3.8, 4) is 33.8 Å². The summed E-state index contributed by atoms with van der Waals surface area (Å²) in [5.74, 6) is -3.27. The predicted molar refractivity (Wildman–Crippen MR) is 120 cm³/mol.